The molecule has 3 rings (SSSR count). The number of rotatable bonds is 2. The van der Waals surface area contributed by atoms with Crippen LogP contribution in [0.25, 0.3) is 0 Å². The third-order valence-corrected chi connectivity index (χ3v) is 4.44. The molecule has 1 aromatic heterocycles. The number of carbonyl (C=O) groups excluding carboxylic acids is 1. The van der Waals surface area contributed by atoms with Crippen molar-refractivity contribution in [2.75, 3.05) is 13.1 Å². The second kappa shape index (κ2) is 5.19. The molecule has 1 fully saturated rings. The number of hydrogen-bond donors (Lipinski definition) is 1. The molecule has 19 heavy (non-hydrogen) atoms. The van der Waals surface area contributed by atoms with Crippen molar-refractivity contribution in [3.63, 3.8) is 0 Å². The molecule has 0 saturated carbocycles. The fraction of sp³-hybridized carbons (Fsp3) is 0.600. The Morgan fingerprint density at radius 2 is 2.00 bits per heavy atom. The van der Waals surface area contributed by atoms with Gasteiger partial charge in [0, 0.05) is 30.6 Å². The van der Waals surface area contributed by atoms with Crippen LogP contribution in [0.1, 0.15) is 42.9 Å². The molecule has 2 heterocycles. The van der Waals surface area contributed by atoms with Gasteiger partial charge in [-0.1, -0.05) is 12.2 Å². The molecular formula is C15H21N3O. The van der Waals surface area contributed by atoms with Crippen LogP contribution >= 0.6 is 0 Å². The maximum atomic E-state index is 12.3. The van der Waals surface area contributed by atoms with Gasteiger partial charge in [-0.25, -0.2) is 0 Å². The number of hydrogen-bond acceptors (Lipinski definition) is 2. The van der Waals surface area contributed by atoms with E-state index in [0.717, 1.165) is 38.8 Å². The molecule has 0 bridgehead atoms. The Balaban J connectivity index is 1.57. The lowest BCUT2D eigenvalue weighted by atomic mass is 9.91. The van der Waals surface area contributed by atoms with Crippen LogP contribution in [0.2, 0.25) is 0 Å². The van der Waals surface area contributed by atoms with Crippen LogP contribution in [0.15, 0.2) is 18.3 Å². The van der Waals surface area contributed by atoms with Crippen molar-refractivity contribution in [2.24, 2.45) is 5.92 Å². The Hall–Kier alpha value is -1.58. The average Bonchev–Trinajstić information content (AvgIpc) is 3.09. The topological polar surface area (TPSA) is 49.0 Å². The third kappa shape index (κ3) is 2.44. The van der Waals surface area contributed by atoms with Gasteiger partial charge in [-0.2, -0.15) is 5.10 Å². The fourth-order valence-corrected chi connectivity index (χ4v) is 3.24. The average molecular weight is 259 g/mol. The van der Waals surface area contributed by atoms with E-state index in [1.54, 1.807) is 0 Å². The molecule has 0 radical (unpaired) electrons. The van der Waals surface area contributed by atoms with Crippen molar-refractivity contribution in [3.05, 3.63) is 29.6 Å². The van der Waals surface area contributed by atoms with E-state index < -0.39 is 0 Å². The highest BCUT2D eigenvalue weighted by Crippen LogP contribution is 2.30. The van der Waals surface area contributed by atoms with E-state index in [9.17, 15) is 4.79 Å². The predicted octanol–water partition coefficient (Wildman–Crippen LogP) is 2.39. The lowest BCUT2D eigenvalue weighted by Crippen LogP contribution is -2.41. The molecule has 1 amide bonds. The van der Waals surface area contributed by atoms with E-state index in [-0.39, 0.29) is 5.92 Å². The van der Waals surface area contributed by atoms with E-state index in [4.69, 9.17) is 0 Å². The van der Waals surface area contributed by atoms with Gasteiger partial charge in [0.2, 0.25) is 5.91 Å². The van der Waals surface area contributed by atoms with Crippen LogP contribution in [0.4, 0.5) is 0 Å². The lowest BCUT2D eigenvalue weighted by Gasteiger charge is -2.33. The van der Waals surface area contributed by atoms with Crippen molar-refractivity contribution in [1.29, 1.82) is 0 Å². The van der Waals surface area contributed by atoms with Crippen molar-refractivity contribution in [2.45, 2.75) is 38.5 Å². The minimum atomic E-state index is 0.213. The Labute approximate surface area is 113 Å². The summed E-state index contributed by atoms with van der Waals surface area (Å²) in [6, 6.07) is 0. The number of aromatic amines is 1. The number of amides is 1. The van der Waals surface area contributed by atoms with Gasteiger partial charge in [0.1, 0.15) is 0 Å². The van der Waals surface area contributed by atoms with Gasteiger partial charge >= 0.3 is 0 Å². The summed E-state index contributed by atoms with van der Waals surface area (Å²) in [5.74, 6) is 1.10. The van der Waals surface area contributed by atoms with Crippen LogP contribution in [-0.4, -0.2) is 34.1 Å². The number of nitrogens with one attached hydrogen (secondary N) is 1. The van der Waals surface area contributed by atoms with Gasteiger partial charge in [0.05, 0.1) is 6.20 Å². The van der Waals surface area contributed by atoms with Crippen molar-refractivity contribution in [3.8, 4) is 0 Å². The molecule has 1 aliphatic heterocycles. The zero-order valence-electron chi connectivity index (χ0n) is 11.4. The summed E-state index contributed by atoms with van der Waals surface area (Å²) < 4.78 is 0. The second-order valence-corrected chi connectivity index (χ2v) is 5.71. The smallest absolute Gasteiger partial charge is 0.226 e. The van der Waals surface area contributed by atoms with Crippen LogP contribution in [-0.2, 0) is 4.79 Å². The zero-order chi connectivity index (χ0) is 13.2. The molecule has 0 unspecified atom stereocenters. The first-order chi connectivity index (χ1) is 9.25. The first kappa shape index (κ1) is 12.5. The summed E-state index contributed by atoms with van der Waals surface area (Å²) in [6.07, 6.45) is 10.1. The van der Waals surface area contributed by atoms with Crippen molar-refractivity contribution < 1.29 is 4.79 Å². The van der Waals surface area contributed by atoms with Crippen LogP contribution in [0.3, 0.4) is 0 Å². The largest absolute Gasteiger partial charge is 0.342 e. The van der Waals surface area contributed by atoms with Crippen LogP contribution < -0.4 is 0 Å². The molecule has 4 heteroatoms. The van der Waals surface area contributed by atoms with Crippen molar-refractivity contribution >= 4 is 5.91 Å². The highest BCUT2D eigenvalue weighted by Gasteiger charge is 2.29. The lowest BCUT2D eigenvalue weighted by molar-refractivity contribution is -0.136. The van der Waals surface area contributed by atoms with E-state index in [0.29, 0.717) is 11.8 Å². The molecule has 1 N–H and O–H groups in total. The van der Waals surface area contributed by atoms with Gasteiger partial charge in [-0.05, 0) is 38.2 Å². The van der Waals surface area contributed by atoms with Gasteiger partial charge in [0.25, 0.3) is 0 Å². The Kier molecular flexibility index (Phi) is 3.40. The standard InChI is InChI=1S/C15H21N3O/c1-11-10-16-17-14(11)12-6-8-18(9-7-12)15(19)13-4-2-3-5-13/h2-3,10,12-13H,4-9H2,1H3,(H,16,17). The number of carbonyl (C=O) groups is 1. The molecule has 4 nitrogen and oxygen atoms in total. The quantitative estimate of drug-likeness (QED) is 0.829. The minimum Gasteiger partial charge on any atom is -0.342 e. The van der Waals surface area contributed by atoms with E-state index in [1.165, 1.54) is 11.3 Å². The number of H-pyrrole nitrogens is 1. The van der Waals surface area contributed by atoms with Crippen LogP contribution in [0.5, 0.6) is 0 Å². The fourth-order valence-electron chi connectivity index (χ4n) is 3.24. The third-order valence-electron chi connectivity index (χ3n) is 4.44. The molecule has 0 spiro atoms. The SMILES string of the molecule is Cc1cn[nH]c1C1CCN(C(=O)C2CC=CC2)CC1. The minimum absolute atomic E-state index is 0.213. The zero-order valence-corrected chi connectivity index (χ0v) is 11.4. The van der Waals surface area contributed by atoms with Gasteiger partial charge in [-0.15, -0.1) is 0 Å². The number of aryl methyl sites for hydroxylation is 1. The van der Waals surface area contributed by atoms with Gasteiger partial charge < -0.3 is 4.90 Å². The molecule has 0 aromatic carbocycles. The highest BCUT2D eigenvalue weighted by atomic mass is 16.2. The summed E-state index contributed by atoms with van der Waals surface area (Å²) >= 11 is 0. The molecule has 2 aliphatic rings. The molecular weight excluding hydrogens is 238 g/mol. The summed E-state index contributed by atoms with van der Waals surface area (Å²) in [4.78, 5) is 14.4. The maximum Gasteiger partial charge on any atom is 0.226 e. The highest BCUT2D eigenvalue weighted by molar-refractivity contribution is 5.79. The molecule has 102 valence electrons. The maximum absolute atomic E-state index is 12.3. The number of nitrogens with zero attached hydrogens (tertiary/aromatic N) is 2. The first-order valence-electron chi connectivity index (χ1n) is 7.19. The monoisotopic (exact) mass is 259 g/mol. The summed E-state index contributed by atoms with van der Waals surface area (Å²) in [5, 5.41) is 7.21. The van der Waals surface area contributed by atoms with Gasteiger partial charge in [-0.3, -0.25) is 9.89 Å². The summed E-state index contributed by atoms with van der Waals surface area (Å²) in [6.45, 7) is 3.87. The van der Waals surface area contributed by atoms with E-state index in [2.05, 4.69) is 34.2 Å². The van der Waals surface area contributed by atoms with Gasteiger partial charge in [0.15, 0.2) is 0 Å². The van der Waals surface area contributed by atoms with Crippen LogP contribution in [0, 0.1) is 12.8 Å². The number of aromatic nitrogens is 2. The predicted molar refractivity (Wildman–Crippen MR) is 73.7 cm³/mol. The Morgan fingerprint density at radius 1 is 1.32 bits per heavy atom. The summed E-state index contributed by atoms with van der Waals surface area (Å²) in [5.41, 5.74) is 2.50. The Bertz CT molecular complexity index is 475. The van der Waals surface area contributed by atoms with E-state index in [1.807, 2.05) is 6.20 Å². The normalized spacial score (nSPS) is 21.2. The number of allylic oxidation sites excluding steroid dienone is 2. The molecule has 1 aliphatic carbocycles. The number of likely N-dealkylation sites (tertiary alicyclic amines) is 1. The number of piperidine rings is 1. The van der Waals surface area contributed by atoms with E-state index >= 15 is 0 Å². The molecule has 0 atom stereocenters. The molecule has 1 saturated heterocycles. The molecule has 1 aromatic rings. The second-order valence-electron chi connectivity index (χ2n) is 5.71. The van der Waals surface area contributed by atoms with Crippen molar-refractivity contribution in [1.82, 2.24) is 15.1 Å². The first-order valence-corrected chi connectivity index (χ1v) is 7.19. The Morgan fingerprint density at radius 3 is 2.58 bits per heavy atom. The summed E-state index contributed by atoms with van der Waals surface area (Å²) in [7, 11) is 0.